The lowest BCUT2D eigenvalue weighted by Crippen LogP contribution is -2.46. The standard InChI is InChI=1S/C29H37N3O/c1-24(32(22-25-9-5-3-6-10-25)23-26-11-7-4-8-12-26)21-31-19-17-28(18-20-31)30-27-13-15-29(33-2)16-14-27/h3-16,24,28,30H,17-23H2,1-2H3. The summed E-state index contributed by atoms with van der Waals surface area (Å²) in [6.45, 7) is 7.73. The largest absolute Gasteiger partial charge is 0.497 e. The monoisotopic (exact) mass is 443 g/mol. The van der Waals surface area contributed by atoms with Crippen LogP contribution in [-0.4, -0.2) is 48.6 Å². The topological polar surface area (TPSA) is 27.7 Å². The molecule has 1 fully saturated rings. The number of anilines is 1. The summed E-state index contributed by atoms with van der Waals surface area (Å²) in [6.07, 6.45) is 2.35. The highest BCUT2D eigenvalue weighted by molar-refractivity contribution is 5.47. The van der Waals surface area contributed by atoms with Crippen LogP contribution in [0.5, 0.6) is 5.75 Å². The van der Waals surface area contributed by atoms with Gasteiger partial charge in [-0.05, 0) is 55.2 Å². The van der Waals surface area contributed by atoms with Gasteiger partial charge in [0, 0.05) is 50.5 Å². The van der Waals surface area contributed by atoms with E-state index in [9.17, 15) is 0 Å². The third-order valence-electron chi connectivity index (χ3n) is 6.65. The van der Waals surface area contributed by atoms with E-state index >= 15 is 0 Å². The molecule has 1 aliphatic heterocycles. The van der Waals surface area contributed by atoms with Gasteiger partial charge in [-0.2, -0.15) is 0 Å². The van der Waals surface area contributed by atoms with Crippen molar-refractivity contribution in [2.75, 3.05) is 32.1 Å². The Bertz CT molecular complexity index is 896. The number of rotatable bonds is 10. The molecule has 0 aromatic heterocycles. The van der Waals surface area contributed by atoms with Crippen LogP contribution in [0.15, 0.2) is 84.9 Å². The number of nitrogens with one attached hydrogen (secondary N) is 1. The highest BCUT2D eigenvalue weighted by Gasteiger charge is 2.23. The van der Waals surface area contributed by atoms with E-state index in [4.69, 9.17) is 4.74 Å². The van der Waals surface area contributed by atoms with Gasteiger partial charge in [-0.25, -0.2) is 0 Å². The van der Waals surface area contributed by atoms with Crippen LogP contribution in [0.4, 0.5) is 5.69 Å². The fourth-order valence-corrected chi connectivity index (χ4v) is 4.68. The Hall–Kier alpha value is -2.82. The molecule has 3 aromatic rings. The molecule has 4 rings (SSSR count). The lowest BCUT2D eigenvalue weighted by molar-refractivity contribution is 0.120. The maximum Gasteiger partial charge on any atom is 0.119 e. The van der Waals surface area contributed by atoms with Gasteiger partial charge >= 0.3 is 0 Å². The minimum absolute atomic E-state index is 0.483. The molecule has 1 aliphatic rings. The summed E-state index contributed by atoms with van der Waals surface area (Å²) in [7, 11) is 1.71. The Labute approximate surface area is 199 Å². The van der Waals surface area contributed by atoms with Crippen LogP contribution < -0.4 is 10.1 Å². The van der Waals surface area contributed by atoms with Crippen LogP contribution in [0.1, 0.15) is 30.9 Å². The minimum Gasteiger partial charge on any atom is -0.497 e. The van der Waals surface area contributed by atoms with Gasteiger partial charge in [-0.15, -0.1) is 0 Å². The summed E-state index contributed by atoms with van der Waals surface area (Å²) in [5.74, 6) is 0.903. The second-order valence-electron chi connectivity index (χ2n) is 9.17. The summed E-state index contributed by atoms with van der Waals surface area (Å²) in [4.78, 5) is 5.26. The molecule has 3 aromatic carbocycles. The lowest BCUT2D eigenvalue weighted by Gasteiger charge is -2.37. The molecule has 0 bridgehead atoms. The van der Waals surface area contributed by atoms with Crippen molar-refractivity contribution in [3.63, 3.8) is 0 Å². The first-order valence-corrected chi connectivity index (χ1v) is 12.1. The predicted molar refractivity (Wildman–Crippen MR) is 138 cm³/mol. The van der Waals surface area contributed by atoms with Gasteiger partial charge in [0.15, 0.2) is 0 Å². The third kappa shape index (κ3) is 7.08. The summed E-state index contributed by atoms with van der Waals surface area (Å²) in [5, 5.41) is 3.70. The van der Waals surface area contributed by atoms with Crippen LogP contribution in [0.2, 0.25) is 0 Å². The highest BCUT2D eigenvalue weighted by Crippen LogP contribution is 2.21. The van der Waals surface area contributed by atoms with Crippen molar-refractivity contribution in [3.8, 4) is 5.75 Å². The molecule has 0 radical (unpaired) electrons. The lowest BCUT2D eigenvalue weighted by atomic mass is 10.0. The van der Waals surface area contributed by atoms with Crippen molar-refractivity contribution in [2.24, 2.45) is 0 Å². The van der Waals surface area contributed by atoms with E-state index in [0.29, 0.717) is 12.1 Å². The summed E-state index contributed by atoms with van der Waals surface area (Å²) in [5.41, 5.74) is 3.94. The zero-order valence-electron chi connectivity index (χ0n) is 20.0. The zero-order chi connectivity index (χ0) is 22.9. The molecule has 1 unspecified atom stereocenters. The normalized spacial score (nSPS) is 16.0. The summed E-state index contributed by atoms with van der Waals surface area (Å²) in [6, 6.07) is 31.0. The fourth-order valence-electron chi connectivity index (χ4n) is 4.68. The van der Waals surface area contributed by atoms with Crippen molar-refractivity contribution in [2.45, 2.75) is 44.9 Å². The second kappa shape index (κ2) is 11.9. The van der Waals surface area contributed by atoms with E-state index in [-0.39, 0.29) is 0 Å². The number of hydrogen-bond donors (Lipinski definition) is 1. The Morgan fingerprint density at radius 3 is 1.91 bits per heavy atom. The Morgan fingerprint density at radius 1 is 0.848 bits per heavy atom. The molecule has 174 valence electrons. The number of piperidine rings is 1. The molecule has 0 saturated carbocycles. The first-order valence-electron chi connectivity index (χ1n) is 12.1. The number of benzene rings is 3. The van der Waals surface area contributed by atoms with E-state index in [2.05, 4.69) is 94.8 Å². The van der Waals surface area contributed by atoms with Gasteiger partial charge in [-0.3, -0.25) is 4.90 Å². The first kappa shape index (κ1) is 23.3. The zero-order valence-corrected chi connectivity index (χ0v) is 20.0. The molecule has 0 spiro atoms. The van der Waals surface area contributed by atoms with Crippen LogP contribution in [0, 0.1) is 0 Å². The Morgan fingerprint density at radius 2 is 1.39 bits per heavy atom. The second-order valence-corrected chi connectivity index (χ2v) is 9.17. The van der Waals surface area contributed by atoms with E-state index in [1.165, 1.54) is 29.7 Å². The molecular weight excluding hydrogens is 406 g/mol. The average molecular weight is 444 g/mol. The third-order valence-corrected chi connectivity index (χ3v) is 6.65. The van der Waals surface area contributed by atoms with E-state index in [0.717, 1.165) is 38.5 Å². The van der Waals surface area contributed by atoms with Gasteiger partial charge < -0.3 is 15.0 Å². The predicted octanol–water partition coefficient (Wildman–Crippen LogP) is 5.66. The van der Waals surface area contributed by atoms with Crippen molar-refractivity contribution >= 4 is 5.69 Å². The van der Waals surface area contributed by atoms with Crippen LogP contribution in [0.3, 0.4) is 0 Å². The molecule has 0 aliphatic carbocycles. The molecule has 1 saturated heterocycles. The smallest absolute Gasteiger partial charge is 0.119 e. The SMILES string of the molecule is COc1ccc(NC2CCN(CC(C)N(Cc3ccccc3)Cc3ccccc3)CC2)cc1. The van der Waals surface area contributed by atoms with Crippen LogP contribution >= 0.6 is 0 Å². The molecule has 4 nitrogen and oxygen atoms in total. The van der Waals surface area contributed by atoms with Gasteiger partial charge in [0.05, 0.1) is 7.11 Å². The Kier molecular flexibility index (Phi) is 8.40. The van der Waals surface area contributed by atoms with Crippen LogP contribution in [-0.2, 0) is 13.1 Å². The molecule has 1 heterocycles. The van der Waals surface area contributed by atoms with Crippen molar-refractivity contribution in [1.29, 1.82) is 0 Å². The molecule has 33 heavy (non-hydrogen) atoms. The van der Waals surface area contributed by atoms with Gasteiger partial charge in [-0.1, -0.05) is 60.7 Å². The summed E-state index contributed by atoms with van der Waals surface area (Å²) < 4.78 is 5.27. The van der Waals surface area contributed by atoms with Crippen LogP contribution in [0.25, 0.3) is 0 Å². The first-order chi connectivity index (χ1) is 16.2. The number of nitrogens with zero attached hydrogens (tertiary/aromatic N) is 2. The van der Waals surface area contributed by atoms with Crippen molar-refractivity contribution < 1.29 is 4.74 Å². The van der Waals surface area contributed by atoms with Gasteiger partial charge in [0.2, 0.25) is 0 Å². The number of likely N-dealkylation sites (tertiary alicyclic amines) is 1. The average Bonchev–Trinajstić information content (AvgIpc) is 2.86. The molecular formula is C29H37N3O. The van der Waals surface area contributed by atoms with Crippen molar-refractivity contribution in [3.05, 3.63) is 96.1 Å². The molecule has 0 amide bonds. The maximum absolute atomic E-state index is 5.27. The maximum atomic E-state index is 5.27. The Balaban J connectivity index is 1.31. The van der Waals surface area contributed by atoms with E-state index < -0.39 is 0 Å². The van der Waals surface area contributed by atoms with Crippen molar-refractivity contribution in [1.82, 2.24) is 9.80 Å². The molecule has 1 N–H and O–H groups in total. The summed E-state index contributed by atoms with van der Waals surface area (Å²) >= 11 is 0. The number of ether oxygens (including phenoxy) is 1. The fraction of sp³-hybridized carbons (Fsp3) is 0.379. The number of hydrogen-bond acceptors (Lipinski definition) is 4. The highest BCUT2D eigenvalue weighted by atomic mass is 16.5. The van der Waals surface area contributed by atoms with E-state index in [1.807, 2.05) is 12.1 Å². The van der Waals surface area contributed by atoms with Gasteiger partial charge in [0.25, 0.3) is 0 Å². The van der Waals surface area contributed by atoms with Gasteiger partial charge in [0.1, 0.15) is 5.75 Å². The minimum atomic E-state index is 0.483. The number of methoxy groups -OCH3 is 1. The molecule has 1 atom stereocenters. The molecule has 4 heteroatoms. The van der Waals surface area contributed by atoms with E-state index in [1.54, 1.807) is 7.11 Å². The quantitative estimate of drug-likeness (QED) is 0.437.